The molecule has 1 rings (SSSR count). The largest absolute Gasteiger partial charge is 0.464 e. The van der Waals surface area contributed by atoms with Gasteiger partial charge in [-0.15, -0.1) is 0 Å². The number of aliphatic hydroxyl groups is 1. The van der Waals surface area contributed by atoms with E-state index in [9.17, 15) is 9.90 Å². The molecule has 0 aliphatic heterocycles. The van der Waals surface area contributed by atoms with Gasteiger partial charge in [-0.1, -0.05) is 0 Å². The Labute approximate surface area is 82.3 Å². The van der Waals surface area contributed by atoms with Gasteiger partial charge in [-0.25, -0.2) is 4.79 Å². The number of aliphatic hydroxyl groups excluding tert-OH is 1. The van der Waals surface area contributed by atoms with Gasteiger partial charge in [-0.05, 0) is 13.8 Å². The normalized spacial score (nSPS) is 12.5. The Morgan fingerprint density at radius 1 is 1.71 bits per heavy atom. The van der Waals surface area contributed by atoms with Gasteiger partial charge in [-0.2, -0.15) is 5.10 Å². The number of esters is 1. The van der Waals surface area contributed by atoms with Gasteiger partial charge in [0.1, 0.15) is 0 Å². The van der Waals surface area contributed by atoms with Crippen LogP contribution in [0.1, 0.15) is 25.5 Å². The highest BCUT2D eigenvalue weighted by Crippen LogP contribution is 2.13. The Bertz CT molecular complexity index is 309. The quantitative estimate of drug-likeness (QED) is 0.715. The van der Waals surface area contributed by atoms with E-state index in [-0.39, 0.29) is 6.61 Å². The molecule has 1 unspecified atom stereocenters. The van der Waals surface area contributed by atoms with Crippen molar-refractivity contribution in [2.24, 2.45) is 0 Å². The van der Waals surface area contributed by atoms with Crippen LogP contribution in [0.25, 0.3) is 0 Å². The number of ether oxygens (including phenoxy) is 1. The van der Waals surface area contributed by atoms with Crippen molar-refractivity contribution in [1.82, 2.24) is 9.78 Å². The highest BCUT2D eigenvalue weighted by Gasteiger charge is 2.19. The van der Waals surface area contributed by atoms with Crippen molar-refractivity contribution in [2.75, 3.05) is 6.61 Å². The number of hydrogen-bond acceptors (Lipinski definition) is 4. The minimum absolute atomic E-state index is 0.262. The first-order valence-electron chi connectivity index (χ1n) is 4.56. The third-order valence-corrected chi connectivity index (χ3v) is 1.80. The molecule has 5 heteroatoms. The Morgan fingerprint density at radius 2 is 2.43 bits per heavy atom. The van der Waals surface area contributed by atoms with E-state index in [1.54, 1.807) is 17.8 Å². The number of carbonyl (C=O) groups excluding carboxylic acids is 1. The van der Waals surface area contributed by atoms with Crippen LogP contribution in [-0.2, 0) is 16.1 Å². The van der Waals surface area contributed by atoms with Crippen LogP contribution in [0.5, 0.6) is 0 Å². The maximum Gasteiger partial charge on any atom is 0.339 e. The highest BCUT2D eigenvalue weighted by atomic mass is 16.5. The molecule has 0 spiro atoms. The molecule has 1 N–H and O–H groups in total. The molecule has 0 aromatic carbocycles. The smallest absolute Gasteiger partial charge is 0.339 e. The van der Waals surface area contributed by atoms with Crippen LogP contribution in [0.2, 0.25) is 0 Å². The lowest BCUT2D eigenvalue weighted by Crippen LogP contribution is -2.14. The minimum atomic E-state index is -1.23. The van der Waals surface area contributed by atoms with Gasteiger partial charge in [0, 0.05) is 18.3 Å². The molecule has 0 aliphatic rings. The second-order valence-electron chi connectivity index (χ2n) is 2.78. The summed E-state index contributed by atoms with van der Waals surface area (Å²) in [6, 6.07) is 0. The lowest BCUT2D eigenvalue weighted by molar-refractivity contribution is -0.153. The molecule has 1 aromatic heterocycles. The summed E-state index contributed by atoms with van der Waals surface area (Å²) in [5, 5.41) is 13.4. The first kappa shape index (κ1) is 10.7. The first-order valence-corrected chi connectivity index (χ1v) is 4.56. The molecule has 1 heterocycles. The van der Waals surface area contributed by atoms with Gasteiger partial charge in [0.15, 0.2) is 6.10 Å². The van der Waals surface area contributed by atoms with Crippen molar-refractivity contribution in [1.29, 1.82) is 0 Å². The van der Waals surface area contributed by atoms with Crippen molar-refractivity contribution >= 4 is 5.97 Å². The third-order valence-electron chi connectivity index (χ3n) is 1.80. The Morgan fingerprint density at radius 3 is 2.93 bits per heavy atom. The van der Waals surface area contributed by atoms with Crippen molar-refractivity contribution in [3.8, 4) is 0 Å². The fourth-order valence-corrected chi connectivity index (χ4v) is 1.05. The molecule has 0 fully saturated rings. The standard InChI is InChI=1S/C9H14N2O3/c1-3-11-6-7(5-10-11)8(12)9(13)14-4-2/h5-6,8,12H,3-4H2,1-2H3. The van der Waals surface area contributed by atoms with Crippen LogP contribution in [0, 0.1) is 0 Å². The molecular formula is C9H14N2O3. The number of aromatic nitrogens is 2. The summed E-state index contributed by atoms with van der Waals surface area (Å²) in [5.41, 5.74) is 0.463. The van der Waals surface area contributed by atoms with Gasteiger partial charge < -0.3 is 9.84 Å². The number of nitrogens with zero attached hydrogens (tertiary/aromatic N) is 2. The molecule has 0 amide bonds. The number of aryl methyl sites for hydroxylation is 1. The lowest BCUT2D eigenvalue weighted by atomic mass is 10.2. The van der Waals surface area contributed by atoms with E-state index in [1.807, 2.05) is 6.92 Å². The van der Waals surface area contributed by atoms with Crippen LogP contribution in [-0.4, -0.2) is 27.5 Å². The van der Waals surface area contributed by atoms with Gasteiger partial charge in [0.25, 0.3) is 0 Å². The van der Waals surface area contributed by atoms with E-state index in [4.69, 9.17) is 0 Å². The van der Waals surface area contributed by atoms with E-state index in [0.717, 1.165) is 0 Å². The maximum absolute atomic E-state index is 11.1. The monoisotopic (exact) mass is 198 g/mol. The molecule has 5 nitrogen and oxygen atoms in total. The summed E-state index contributed by atoms with van der Waals surface area (Å²) in [6.07, 6.45) is 1.86. The zero-order valence-corrected chi connectivity index (χ0v) is 8.30. The Balaban J connectivity index is 2.68. The molecule has 78 valence electrons. The van der Waals surface area contributed by atoms with E-state index < -0.39 is 12.1 Å². The zero-order chi connectivity index (χ0) is 10.6. The summed E-state index contributed by atoms with van der Waals surface area (Å²) in [5.74, 6) is -0.636. The van der Waals surface area contributed by atoms with Crippen LogP contribution >= 0.6 is 0 Å². The van der Waals surface area contributed by atoms with Crippen LogP contribution in [0.4, 0.5) is 0 Å². The predicted octanol–water partition coefficient (Wildman–Crippen LogP) is 0.499. The zero-order valence-electron chi connectivity index (χ0n) is 8.30. The van der Waals surface area contributed by atoms with Crippen molar-refractivity contribution < 1.29 is 14.6 Å². The van der Waals surface area contributed by atoms with E-state index in [1.165, 1.54) is 6.20 Å². The van der Waals surface area contributed by atoms with E-state index >= 15 is 0 Å². The van der Waals surface area contributed by atoms with Crippen molar-refractivity contribution in [3.05, 3.63) is 18.0 Å². The summed E-state index contributed by atoms with van der Waals surface area (Å²) >= 11 is 0. The van der Waals surface area contributed by atoms with Crippen LogP contribution < -0.4 is 0 Å². The Kier molecular flexibility index (Phi) is 3.64. The van der Waals surface area contributed by atoms with Gasteiger partial charge in [0.2, 0.25) is 0 Å². The summed E-state index contributed by atoms with van der Waals surface area (Å²) in [6.45, 7) is 4.58. The molecule has 0 aliphatic carbocycles. The molecule has 0 saturated heterocycles. The lowest BCUT2D eigenvalue weighted by Gasteiger charge is -2.06. The molecular weight excluding hydrogens is 184 g/mol. The van der Waals surface area contributed by atoms with Gasteiger partial charge >= 0.3 is 5.97 Å². The molecule has 1 atom stereocenters. The average Bonchev–Trinajstić information content (AvgIpc) is 2.65. The third kappa shape index (κ3) is 2.32. The maximum atomic E-state index is 11.1. The molecule has 0 bridgehead atoms. The van der Waals surface area contributed by atoms with Gasteiger partial charge in [0.05, 0.1) is 12.8 Å². The average molecular weight is 198 g/mol. The van der Waals surface area contributed by atoms with E-state index in [2.05, 4.69) is 9.84 Å². The Hall–Kier alpha value is -1.36. The SMILES string of the molecule is CCOC(=O)C(O)c1cnn(CC)c1. The second-order valence-corrected chi connectivity index (χ2v) is 2.78. The summed E-state index contributed by atoms with van der Waals surface area (Å²) in [4.78, 5) is 11.1. The van der Waals surface area contributed by atoms with Crippen molar-refractivity contribution in [2.45, 2.75) is 26.5 Å². The van der Waals surface area contributed by atoms with Gasteiger partial charge in [-0.3, -0.25) is 4.68 Å². The fraction of sp³-hybridized carbons (Fsp3) is 0.556. The van der Waals surface area contributed by atoms with Crippen LogP contribution in [0.3, 0.4) is 0 Å². The molecule has 1 aromatic rings. The van der Waals surface area contributed by atoms with E-state index in [0.29, 0.717) is 12.1 Å². The fourth-order valence-electron chi connectivity index (χ4n) is 1.05. The summed E-state index contributed by atoms with van der Waals surface area (Å²) < 4.78 is 6.31. The topological polar surface area (TPSA) is 64.3 Å². The first-order chi connectivity index (χ1) is 6.69. The number of rotatable bonds is 4. The number of hydrogen-bond donors (Lipinski definition) is 1. The van der Waals surface area contributed by atoms with Crippen LogP contribution in [0.15, 0.2) is 12.4 Å². The summed E-state index contributed by atoms with van der Waals surface area (Å²) in [7, 11) is 0. The minimum Gasteiger partial charge on any atom is -0.464 e. The molecule has 0 saturated carbocycles. The highest BCUT2D eigenvalue weighted by molar-refractivity contribution is 5.75. The molecule has 14 heavy (non-hydrogen) atoms. The van der Waals surface area contributed by atoms with Crippen molar-refractivity contribution in [3.63, 3.8) is 0 Å². The molecule has 0 radical (unpaired) electrons. The second kappa shape index (κ2) is 4.76. The predicted molar refractivity (Wildman–Crippen MR) is 49.5 cm³/mol. The number of carbonyl (C=O) groups is 1.